The van der Waals surface area contributed by atoms with Gasteiger partial charge in [-0.2, -0.15) is 0 Å². The number of imidazole rings is 1. The molecule has 0 spiro atoms. The fraction of sp³-hybridized carbons (Fsp3) is 0.174. The minimum Gasteiger partial charge on any atom is -0.354 e. The molecule has 1 aliphatic heterocycles. The third kappa shape index (κ3) is 5.64. The van der Waals surface area contributed by atoms with Gasteiger partial charge in [-0.3, -0.25) is 4.57 Å². The van der Waals surface area contributed by atoms with Crippen molar-refractivity contribution in [3.05, 3.63) is 169 Å². The molecule has 0 aliphatic carbocycles. The van der Waals surface area contributed by atoms with Crippen molar-refractivity contribution >= 4 is 46.0 Å². The molecule has 0 atom stereocenters. The number of nitrogens with zero attached hydrogens (tertiary/aromatic N) is 5. The van der Waals surface area contributed by atoms with Crippen molar-refractivity contribution in [2.75, 3.05) is 23.5 Å². The summed E-state index contributed by atoms with van der Waals surface area (Å²) in [5, 5.41) is 5.31. The van der Waals surface area contributed by atoms with Crippen LogP contribution in [0.25, 0.3) is 17.1 Å². The van der Waals surface area contributed by atoms with Crippen molar-refractivity contribution in [2.45, 2.75) is 39.5 Å². The van der Waals surface area contributed by atoms with E-state index in [1.165, 1.54) is 37.6 Å². The molecule has 0 saturated heterocycles. The smallest absolute Gasteiger partial charge is 0.179 e. The molecule has 0 saturated carbocycles. The van der Waals surface area contributed by atoms with E-state index in [4.69, 9.17) is 9.97 Å². The molecule has 258 valence electrons. The van der Waals surface area contributed by atoms with Crippen molar-refractivity contribution in [3.63, 3.8) is 0 Å². The minimum absolute atomic E-state index is 0.372. The maximum absolute atomic E-state index is 5.06. The van der Waals surface area contributed by atoms with Crippen LogP contribution in [0.15, 0.2) is 158 Å². The average molecular weight is 696 g/mol. The number of para-hydroxylation sites is 1. The molecular weight excluding hydrogens is 651 g/mol. The molecule has 0 amide bonds. The molecule has 8 rings (SSSR count). The minimum atomic E-state index is -2.89. The van der Waals surface area contributed by atoms with Crippen molar-refractivity contribution in [1.82, 2.24) is 14.5 Å². The molecule has 6 heteroatoms. The molecule has 5 nitrogen and oxygen atoms in total. The number of anilines is 3. The van der Waals surface area contributed by atoms with Crippen LogP contribution in [0, 0.1) is 0 Å². The van der Waals surface area contributed by atoms with Crippen LogP contribution in [-0.4, -0.2) is 36.3 Å². The van der Waals surface area contributed by atoms with Crippen LogP contribution in [0.5, 0.6) is 0 Å². The van der Waals surface area contributed by atoms with Crippen LogP contribution in [-0.2, 0) is 0 Å². The second-order valence-electron chi connectivity index (χ2n) is 14.4. The Hall–Kier alpha value is -5.72. The first-order chi connectivity index (χ1) is 25.4. The van der Waals surface area contributed by atoms with Crippen molar-refractivity contribution in [3.8, 4) is 17.1 Å². The van der Waals surface area contributed by atoms with E-state index in [1.54, 1.807) is 0 Å². The van der Waals surface area contributed by atoms with E-state index in [-0.39, 0.29) is 0 Å². The van der Waals surface area contributed by atoms with Gasteiger partial charge in [0.2, 0.25) is 0 Å². The lowest BCUT2D eigenvalue weighted by Crippen LogP contribution is -2.74. The van der Waals surface area contributed by atoms with E-state index >= 15 is 0 Å². The maximum Gasteiger partial charge on any atom is 0.179 e. The van der Waals surface area contributed by atoms with Gasteiger partial charge >= 0.3 is 0 Å². The van der Waals surface area contributed by atoms with E-state index in [0.29, 0.717) is 11.8 Å². The van der Waals surface area contributed by atoms with E-state index in [9.17, 15) is 0 Å². The molecule has 52 heavy (non-hydrogen) atoms. The lowest BCUT2D eigenvalue weighted by atomic mass is 9.92. The molecule has 0 unspecified atom stereocenters. The Morgan fingerprint density at radius 2 is 1.17 bits per heavy atom. The van der Waals surface area contributed by atoms with E-state index < -0.39 is 8.07 Å². The molecule has 5 aromatic carbocycles. The Kier molecular flexibility index (Phi) is 8.85. The number of fused-ring (bicyclic) bond motifs is 1. The molecule has 0 radical (unpaired) electrons. The highest BCUT2D eigenvalue weighted by Gasteiger charge is 2.42. The van der Waals surface area contributed by atoms with Gasteiger partial charge in [0.15, 0.2) is 13.9 Å². The van der Waals surface area contributed by atoms with Crippen molar-refractivity contribution in [1.29, 1.82) is 0 Å². The summed E-state index contributed by atoms with van der Waals surface area (Å²) in [6.45, 7) is 9.87. The van der Waals surface area contributed by atoms with Crippen LogP contribution in [0.4, 0.5) is 17.2 Å². The van der Waals surface area contributed by atoms with Gasteiger partial charge in [0.1, 0.15) is 5.82 Å². The SMILES string of the molecule is CC(C)c1cccc(C(C)C)c1-n1ccnc1-c1cccc([Si](c2ccccc2)(c2ccccc2)c2cccc(N3CN(C)c4cccnc43)c2)c1. The first kappa shape index (κ1) is 33.4. The zero-order chi connectivity index (χ0) is 35.8. The molecule has 2 aromatic heterocycles. The van der Waals surface area contributed by atoms with Gasteiger partial charge in [-0.05, 0) is 68.0 Å². The number of hydrogen-bond acceptors (Lipinski definition) is 4. The normalized spacial score (nSPS) is 12.9. The maximum atomic E-state index is 5.06. The summed E-state index contributed by atoms with van der Waals surface area (Å²) in [5.41, 5.74) is 7.31. The molecular formula is C46H45N5Si. The third-order valence-electron chi connectivity index (χ3n) is 10.6. The first-order valence-electron chi connectivity index (χ1n) is 18.3. The number of aromatic nitrogens is 3. The third-order valence-corrected chi connectivity index (χ3v) is 15.3. The zero-order valence-electron chi connectivity index (χ0n) is 30.6. The monoisotopic (exact) mass is 695 g/mol. The Labute approximate surface area is 308 Å². The Balaban J connectivity index is 1.36. The highest BCUT2D eigenvalue weighted by molar-refractivity contribution is 7.20. The van der Waals surface area contributed by atoms with Gasteiger partial charge in [-0.15, -0.1) is 0 Å². The lowest BCUT2D eigenvalue weighted by molar-refractivity contribution is 0.807. The van der Waals surface area contributed by atoms with Gasteiger partial charge < -0.3 is 9.80 Å². The Morgan fingerprint density at radius 1 is 0.577 bits per heavy atom. The van der Waals surface area contributed by atoms with Crippen LogP contribution in [0.3, 0.4) is 0 Å². The van der Waals surface area contributed by atoms with Crippen LogP contribution >= 0.6 is 0 Å². The molecule has 7 aromatic rings. The second-order valence-corrected chi connectivity index (χ2v) is 18.3. The van der Waals surface area contributed by atoms with Crippen LogP contribution in [0.2, 0.25) is 0 Å². The largest absolute Gasteiger partial charge is 0.354 e. The summed E-state index contributed by atoms with van der Waals surface area (Å²) in [4.78, 5) is 14.5. The van der Waals surface area contributed by atoms with E-state index in [2.05, 4.69) is 189 Å². The topological polar surface area (TPSA) is 37.2 Å². The molecule has 0 bridgehead atoms. The summed E-state index contributed by atoms with van der Waals surface area (Å²) in [5.74, 6) is 2.69. The van der Waals surface area contributed by atoms with Gasteiger partial charge in [0.25, 0.3) is 0 Å². The Bertz CT molecular complexity index is 2260. The summed E-state index contributed by atoms with van der Waals surface area (Å²) in [6.07, 6.45) is 5.97. The van der Waals surface area contributed by atoms with Gasteiger partial charge in [-0.25, -0.2) is 9.97 Å². The zero-order valence-corrected chi connectivity index (χ0v) is 31.6. The van der Waals surface area contributed by atoms with Crippen LogP contribution in [0.1, 0.15) is 50.7 Å². The van der Waals surface area contributed by atoms with Crippen molar-refractivity contribution < 1.29 is 0 Å². The highest BCUT2D eigenvalue weighted by atomic mass is 28.3. The van der Waals surface area contributed by atoms with Gasteiger partial charge in [0.05, 0.1) is 18.0 Å². The lowest BCUT2D eigenvalue weighted by Gasteiger charge is -2.35. The van der Waals surface area contributed by atoms with Gasteiger partial charge in [0, 0.05) is 36.9 Å². The average Bonchev–Trinajstić information content (AvgIpc) is 3.81. The fourth-order valence-electron chi connectivity index (χ4n) is 8.12. The summed E-state index contributed by atoms with van der Waals surface area (Å²) in [7, 11) is -0.751. The molecule has 0 fully saturated rings. The number of hydrogen-bond donors (Lipinski definition) is 0. The van der Waals surface area contributed by atoms with Crippen LogP contribution < -0.4 is 30.5 Å². The highest BCUT2D eigenvalue weighted by Crippen LogP contribution is 2.38. The number of benzene rings is 5. The standard InChI is InChI=1S/C46H45N5Si/c1-33(2)41-24-14-25-42(34(3)4)44(41)50-29-28-48-45(50)35-16-12-22-39(30-35)52(37-18-8-6-9-19-37,38-20-10-7-11-21-38)40-23-13-17-36(31-40)51-32-49(5)43-26-15-27-47-46(43)51/h6-31,33-34H,32H2,1-5H3. The van der Waals surface area contributed by atoms with Crippen molar-refractivity contribution in [2.24, 2.45) is 0 Å². The predicted octanol–water partition coefficient (Wildman–Crippen LogP) is 8.10. The summed E-state index contributed by atoms with van der Waals surface area (Å²) >= 11 is 0. The quantitative estimate of drug-likeness (QED) is 0.113. The number of pyridine rings is 1. The van der Waals surface area contributed by atoms with E-state index in [0.717, 1.165) is 35.2 Å². The fourth-order valence-corrected chi connectivity index (χ4v) is 12.9. The molecule has 1 aliphatic rings. The summed E-state index contributed by atoms with van der Waals surface area (Å²) in [6, 6.07) is 51.7. The van der Waals surface area contributed by atoms with E-state index in [1.807, 2.05) is 18.5 Å². The van der Waals surface area contributed by atoms with Gasteiger partial charge in [-0.1, -0.05) is 143 Å². The molecule has 0 N–H and O–H groups in total. The summed E-state index contributed by atoms with van der Waals surface area (Å²) < 4.78 is 2.33. The molecule has 3 heterocycles. The first-order valence-corrected chi connectivity index (χ1v) is 20.3. The second kappa shape index (κ2) is 13.8. The Morgan fingerprint density at radius 3 is 1.83 bits per heavy atom. The predicted molar refractivity (Wildman–Crippen MR) is 220 cm³/mol. The number of rotatable bonds is 9.